The van der Waals surface area contributed by atoms with Gasteiger partial charge in [-0.25, -0.2) is 13.4 Å². The van der Waals surface area contributed by atoms with Crippen molar-refractivity contribution < 1.29 is 13.2 Å². The summed E-state index contributed by atoms with van der Waals surface area (Å²) in [7, 11) is -3.73. The highest BCUT2D eigenvalue weighted by Gasteiger charge is 2.33. The van der Waals surface area contributed by atoms with Crippen LogP contribution in [0.3, 0.4) is 0 Å². The molecule has 1 aliphatic rings. The summed E-state index contributed by atoms with van der Waals surface area (Å²) in [5.41, 5.74) is 1.76. The number of hydrogen-bond acceptors (Lipinski definition) is 5. The smallest absolute Gasteiger partial charge is 0.261 e. The predicted octanol–water partition coefficient (Wildman–Crippen LogP) is 5.07. The zero-order valence-electron chi connectivity index (χ0n) is 17.1. The molecule has 1 amide bonds. The van der Waals surface area contributed by atoms with E-state index in [4.69, 9.17) is 4.98 Å². The molecule has 1 aliphatic heterocycles. The Balaban J connectivity index is 1.39. The van der Waals surface area contributed by atoms with Gasteiger partial charge >= 0.3 is 0 Å². The molecule has 0 bridgehead atoms. The Morgan fingerprint density at radius 2 is 1.78 bits per heavy atom. The van der Waals surface area contributed by atoms with Gasteiger partial charge in [-0.15, -0.1) is 11.3 Å². The van der Waals surface area contributed by atoms with Gasteiger partial charge in [0.15, 0.2) is 0 Å². The topological polar surface area (TPSA) is 79.4 Å². The van der Waals surface area contributed by atoms with Crippen LogP contribution in [0.1, 0.15) is 34.2 Å². The molecule has 5 rings (SSSR count). The molecule has 1 saturated heterocycles. The summed E-state index contributed by atoms with van der Waals surface area (Å²) in [6, 6.07) is 22.7. The summed E-state index contributed by atoms with van der Waals surface area (Å²) in [5.74, 6) is -0.118. The monoisotopic (exact) mass is 463 g/mol. The zero-order valence-corrected chi connectivity index (χ0v) is 18.8. The van der Waals surface area contributed by atoms with Crippen LogP contribution < -0.4 is 4.72 Å². The summed E-state index contributed by atoms with van der Waals surface area (Å²) in [6.45, 7) is 0.652. The largest absolute Gasteiger partial charge is 0.329 e. The van der Waals surface area contributed by atoms with Crippen molar-refractivity contribution in [3.63, 3.8) is 0 Å². The molecule has 0 radical (unpaired) electrons. The molecule has 1 aromatic heterocycles. The molecule has 1 fully saturated rings. The van der Waals surface area contributed by atoms with E-state index in [1.165, 1.54) is 12.1 Å². The highest BCUT2D eigenvalue weighted by molar-refractivity contribution is 7.92. The van der Waals surface area contributed by atoms with Crippen molar-refractivity contribution in [3.05, 3.63) is 89.4 Å². The van der Waals surface area contributed by atoms with Gasteiger partial charge in [0.05, 0.1) is 21.2 Å². The van der Waals surface area contributed by atoms with E-state index in [0.717, 1.165) is 28.1 Å². The number of anilines is 1. The number of hydrogen-bond donors (Lipinski definition) is 1. The number of carbonyl (C=O) groups is 1. The van der Waals surface area contributed by atoms with E-state index in [1.54, 1.807) is 53.8 Å². The standard InChI is InChI=1S/C24H21N3O3S2/c28-24(27-15-7-13-21(27)23-25-20-12-4-5-14-22(20)31-23)17-8-6-9-18(16-17)26-32(29,30)19-10-2-1-3-11-19/h1-6,8-12,14,16,21,26H,7,13,15H2. The first kappa shape index (κ1) is 20.7. The van der Waals surface area contributed by atoms with Gasteiger partial charge in [-0.1, -0.05) is 36.4 Å². The number of likely N-dealkylation sites (tertiary alicyclic amines) is 1. The summed E-state index contributed by atoms with van der Waals surface area (Å²) < 4.78 is 29.0. The fraction of sp³-hybridized carbons (Fsp3) is 0.167. The Kier molecular flexibility index (Phi) is 5.40. The quantitative estimate of drug-likeness (QED) is 0.448. The maximum Gasteiger partial charge on any atom is 0.261 e. The summed E-state index contributed by atoms with van der Waals surface area (Å²) in [4.78, 5) is 20.1. The maximum absolute atomic E-state index is 13.4. The lowest BCUT2D eigenvalue weighted by Gasteiger charge is -2.23. The van der Waals surface area contributed by atoms with Gasteiger partial charge in [-0.2, -0.15) is 0 Å². The van der Waals surface area contributed by atoms with Crippen molar-refractivity contribution in [2.45, 2.75) is 23.8 Å². The van der Waals surface area contributed by atoms with Crippen LogP contribution in [0.15, 0.2) is 83.8 Å². The molecular weight excluding hydrogens is 442 g/mol. The molecule has 1 unspecified atom stereocenters. The van der Waals surface area contributed by atoms with Gasteiger partial charge in [0.25, 0.3) is 15.9 Å². The van der Waals surface area contributed by atoms with E-state index >= 15 is 0 Å². The molecule has 2 heterocycles. The summed E-state index contributed by atoms with van der Waals surface area (Å²) >= 11 is 1.62. The van der Waals surface area contributed by atoms with E-state index in [1.807, 2.05) is 29.2 Å². The molecule has 1 atom stereocenters. The number of benzene rings is 3. The minimum absolute atomic E-state index is 0.0652. The minimum Gasteiger partial charge on any atom is -0.329 e. The van der Waals surface area contributed by atoms with Crippen LogP contribution in [0.2, 0.25) is 0 Å². The predicted molar refractivity (Wildman–Crippen MR) is 126 cm³/mol. The van der Waals surface area contributed by atoms with Crippen LogP contribution in [-0.2, 0) is 10.0 Å². The molecular formula is C24H21N3O3S2. The van der Waals surface area contributed by atoms with Crippen molar-refractivity contribution in [1.82, 2.24) is 9.88 Å². The van der Waals surface area contributed by atoms with E-state index in [0.29, 0.717) is 17.8 Å². The SMILES string of the molecule is O=C(c1cccc(NS(=O)(=O)c2ccccc2)c1)N1CCCC1c1nc2ccccc2s1. The van der Waals surface area contributed by atoms with Crippen LogP contribution in [0, 0.1) is 0 Å². The van der Waals surface area contributed by atoms with Gasteiger partial charge in [0.1, 0.15) is 5.01 Å². The second-order valence-corrected chi connectivity index (χ2v) is 10.4. The van der Waals surface area contributed by atoms with Crippen LogP contribution in [0.25, 0.3) is 10.2 Å². The maximum atomic E-state index is 13.4. The number of fused-ring (bicyclic) bond motifs is 1. The van der Waals surface area contributed by atoms with Gasteiger partial charge in [-0.3, -0.25) is 9.52 Å². The fourth-order valence-corrected chi connectivity index (χ4v) is 6.18. The van der Waals surface area contributed by atoms with E-state index in [2.05, 4.69) is 4.72 Å². The third-order valence-electron chi connectivity index (χ3n) is 5.52. The number of amides is 1. The molecule has 32 heavy (non-hydrogen) atoms. The van der Waals surface area contributed by atoms with E-state index < -0.39 is 10.0 Å². The Bertz CT molecular complexity index is 1350. The van der Waals surface area contributed by atoms with Crippen LogP contribution >= 0.6 is 11.3 Å². The Hall–Kier alpha value is -3.23. The number of nitrogens with one attached hydrogen (secondary N) is 1. The number of thiazole rings is 1. The molecule has 0 spiro atoms. The van der Waals surface area contributed by atoms with Gasteiger partial charge < -0.3 is 4.90 Å². The molecule has 162 valence electrons. The number of nitrogens with zero attached hydrogens (tertiary/aromatic N) is 2. The number of rotatable bonds is 5. The number of aromatic nitrogens is 1. The Labute approximate surface area is 190 Å². The molecule has 0 saturated carbocycles. The first-order chi connectivity index (χ1) is 15.5. The zero-order chi connectivity index (χ0) is 22.1. The van der Waals surface area contributed by atoms with Gasteiger partial charge in [-0.05, 0) is 55.3 Å². The van der Waals surface area contributed by atoms with Gasteiger partial charge in [0, 0.05) is 17.8 Å². The molecule has 0 aliphatic carbocycles. The number of carbonyl (C=O) groups excluding carboxylic acids is 1. The lowest BCUT2D eigenvalue weighted by atomic mass is 10.1. The van der Waals surface area contributed by atoms with Crippen molar-refractivity contribution in [1.29, 1.82) is 0 Å². The lowest BCUT2D eigenvalue weighted by molar-refractivity contribution is 0.0735. The van der Waals surface area contributed by atoms with Crippen molar-refractivity contribution >= 4 is 43.2 Å². The lowest BCUT2D eigenvalue weighted by Crippen LogP contribution is -2.30. The van der Waals surface area contributed by atoms with Crippen LogP contribution in [0.4, 0.5) is 5.69 Å². The minimum atomic E-state index is -3.73. The second-order valence-electron chi connectivity index (χ2n) is 7.68. The summed E-state index contributed by atoms with van der Waals surface area (Å²) in [5, 5.41) is 0.943. The van der Waals surface area contributed by atoms with Crippen LogP contribution in [0.5, 0.6) is 0 Å². The third-order valence-corrected chi connectivity index (χ3v) is 8.06. The average molecular weight is 464 g/mol. The average Bonchev–Trinajstić information content (AvgIpc) is 3.46. The highest BCUT2D eigenvalue weighted by Crippen LogP contribution is 2.37. The van der Waals surface area contributed by atoms with Crippen molar-refractivity contribution in [2.75, 3.05) is 11.3 Å². The van der Waals surface area contributed by atoms with E-state index in [9.17, 15) is 13.2 Å². The normalized spacial score (nSPS) is 16.4. The first-order valence-corrected chi connectivity index (χ1v) is 12.7. The molecule has 3 aromatic carbocycles. The van der Waals surface area contributed by atoms with Gasteiger partial charge in [0.2, 0.25) is 0 Å². The molecule has 4 aromatic rings. The van der Waals surface area contributed by atoms with Crippen LogP contribution in [-0.4, -0.2) is 30.8 Å². The highest BCUT2D eigenvalue weighted by atomic mass is 32.2. The van der Waals surface area contributed by atoms with E-state index in [-0.39, 0.29) is 16.8 Å². The molecule has 1 N–H and O–H groups in total. The molecule has 8 heteroatoms. The first-order valence-electron chi connectivity index (χ1n) is 10.4. The number of sulfonamides is 1. The Morgan fingerprint density at radius 3 is 2.59 bits per heavy atom. The Morgan fingerprint density at radius 1 is 1.00 bits per heavy atom. The number of para-hydroxylation sites is 1. The molecule has 6 nitrogen and oxygen atoms in total. The fourth-order valence-electron chi connectivity index (χ4n) is 3.99. The summed E-state index contributed by atoms with van der Waals surface area (Å²) in [6.07, 6.45) is 1.78. The second kappa shape index (κ2) is 8.37. The van der Waals surface area contributed by atoms with Crippen molar-refractivity contribution in [2.24, 2.45) is 0 Å². The third kappa shape index (κ3) is 3.99. The van der Waals surface area contributed by atoms with Crippen molar-refractivity contribution in [3.8, 4) is 0 Å².